The lowest BCUT2D eigenvalue weighted by atomic mass is 10.2. The predicted octanol–water partition coefficient (Wildman–Crippen LogP) is 5.18. The topological polar surface area (TPSA) is 30.7 Å². The van der Waals surface area contributed by atoms with Gasteiger partial charge in [-0.25, -0.2) is 0 Å². The molecule has 0 spiro atoms. The first-order valence-electron chi connectivity index (χ1n) is 6.69. The number of thiophene rings is 1. The largest absolute Gasteiger partial charge is 0.308 e. The molecule has 2 heterocycles. The second kappa shape index (κ2) is 7.51. The number of thioether (sulfide) groups is 1. The van der Waals surface area contributed by atoms with Gasteiger partial charge in [0.1, 0.15) is 6.33 Å². The van der Waals surface area contributed by atoms with E-state index in [1.54, 1.807) is 35.5 Å². The Morgan fingerprint density at radius 2 is 2.14 bits per heavy atom. The van der Waals surface area contributed by atoms with Crippen LogP contribution in [0, 0.1) is 0 Å². The standard InChI is InChI=1S/C15H13Cl2N3S2/c16-12-4-3-11(14(17)8-12)9-22-15-19-18-10-20(15)6-5-13-2-1-7-21-13/h1-4,7-8,10H,5-6,9H2. The molecule has 0 saturated carbocycles. The molecule has 0 radical (unpaired) electrons. The van der Waals surface area contributed by atoms with Crippen molar-refractivity contribution in [2.45, 2.75) is 23.9 Å². The van der Waals surface area contributed by atoms with E-state index in [0.717, 1.165) is 29.4 Å². The van der Waals surface area contributed by atoms with Crippen molar-refractivity contribution >= 4 is 46.3 Å². The Labute approximate surface area is 147 Å². The van der Waals surface area contributed by atoms with Gasteiger partial charge in [-0.2, -0.15) is 0 Å². The molecule has 0 saturated heterocycles. The summed E-state index contributed by atoms with van der Waals surface area (Å²) in [6.45, 7) is 0.879. The van der Waals surface area contributed by atoms with E-state index in [-0.39, 0.29) is 0 Å². The van der Waals surface area contributed by atoms with Crippen molar-refractivity contribution in [3.63, 3.8) is 0 Å². The van der Waals surface area contributed by atoms with Crippen LogP contribution in [0.2, 0.25) is 10.0 Å². The maximum atomic E-state index is 6.20. The molecule has 0 fully saturated rings. The van der Waals surface area contributed by atoms with Crippen molar-refractivity contribution in [1.82, 2.24) is 14.8 Å². The van der Waals surface area contributed by atoms with Crippen LogP contribution in [0.5, 0.6) is 0 Å². The number of aryl methyl sites for hydroxylation is 2. The zero-order valence-electron chi connectivity index (χ0n) is 11.6. The maximum absolute atomic E-state index is 6.20. The fraction of sp³-hybridized carbons (Fsp3) is 0.200. The van der Waals surface area contributed by atoms with Gasteiger partial charge in [-0.05, 0) is 35.6 Å². The molecule has 0 aliphatic heterocycles. The molecule has 2 aromatic heterocycles. The van der Waals surface area contributed by atoms with Crippen molar-refractivity contribution in [2.75, 3.05) is 0 Å². The van der Waals surface area contributed by atoms with Crippen molar-refractivity contribution in [3.05, 3.63) is 62.5 Å². The molecule has 0 unspecified atom stereocenters. The number of benzene rings is 1. The molecule has 0 amide bonds. The number of hydrogen-bond acceptors (Lipinski definition) is 4. The highest BCUT2D eigenvalue weighted by atomic mass is 35.5. The average molecular weight is 370 g/mol. The van der Waals surface area contributed by atoms with Gasteiger partial charge in [-0.15, -0.1) is 21.5 Å². The van der Waals surface area contributed by atoms with Gasteiger partial charge in [0.05, 0.1) is 0 Å². The maximum Gasteiger partial charge on any atom is 0.191 e. The van der Waals surface area contributed by atoms with Crippen LogP contribution in [0.1, 0.15) is 10.4 Å². The van der Waals surface area contributed by atoms with Crippen LogP contribution in [0.3, 0.4) is 0 Å². The minimum Gasteiger partial charge on any atom is -0.308 e. The second-order valence-electron chi connectivity index (χ2n) is 4.66. The van der Waals surface area contributed by atoms with E-state index in [1.807, 2.05) is 12.1 Å². The molecule has 0 N–H and O–H groups in total. The van der Waals surface area contributed by atoms with Crippen LogP contribution in [0.25, 0.3) is 0 Å². The summed E-state index contributed by atoms with van der Waals surface area (Å²) in [6, 6.07) is 9.79. The van der Waals surface area contributed by atoms with Gasteiger partial charge in [0.15, 0.2) is 5.16 Å². The van der Waals surface area contributed by atoms with Crippen LogP contribution in [0.15, 0.2) is 47.2 Å². The van der Waals surface area contributed by atoms with Crippen LogP contribution in [-0.4, -0.2) is 14.8 Å². The first-order chi connectivity index (χ1) is 10.7. The van der Waals surface area contributed by atoms with E-state index >= 15 is 0 Å². The second-order valence-corrected chi connectivity index (χ2v) is 7.48. The van der Waals surface area contributed by atoms with Crippen molar-refractivity contribution in [1.29, 1.82) is 0 Å². The van der Waals surface area contributed by atoms with Gasteiger partial charge in [0, 0.05) is 27.2 Å². The number of halogens is 2. The highest BCUT2D eigenvalue weighted by Gasteiger charge is 2.08. The molecule has 0 aliphatic carbocycles. The molecule has 0 bridgehead atoms. The molecule has 0 aliphatic rings. The molecule has 3 rings (SSSR count). The quantitative estimate of drug-likeness (QED) is 0.560. The van der Waals surface area contributed by atoms with Crippen LogP contribution < -0.4 is 0 Å². The zero-order valence-corrected chi connectivity index (χ0v) is 14.7. The van der Waals surface area contributed by atoms with E-state index < -0.39 is 0 Å². The molecule has 3 nitrogen and oxygen atoms in total. The van der Waals surface area contributed by atoms with Crippen molar-refractivity contribution in [2.24, 2.45) is 0 Å². The zero-order chi connectivity index (χ0) is 15.4. The molecular formula is C15H13Cl2N3S2. The number of nitrogens with zero attached hydrogens (tertiary/aromatic N) is 3. The van der Waals surface area contributed by atoms with Crippen LogP contribution in [0.4, 0.5) is 0 Å². The minimum absolute atomic E-state index is 0.651. The van der Waals surface area contributed by atoms with Crippen LogP contribution in [-0.2, 0) is 18.7 Å². The number of aromatic nitrogens is 3. The molecule has 1 aromatic carbocycles. The van der Waals surface area contributed by atoms with Crippen molar-refractivity contribution in [3.8, 4) is 0 Å². The summed E-state index contributed by atoms with van der Waals surface area (Å²) in [4.78, 5) is 1.37. The van der Waals surface area contributed by atoms with E-state index in [0.29, 0.717) is 10.0 Å². The third kappa shape index (κ3) is 4.04. The lowest BCUT2D eigenvalue weighted by molar-refractivity contribution is 0.637. The SMILES string of the molecule is Clc1ccc(CSc2nncn2CCc2cccs2)c(Cl)c1. The Morgan fingerprint density at radius 3 is 2.91 bits per heavy atom. The Balaban J connectivity index is 1.62. The molecule has 7 heteroatoms. The van der Waals surface area contributed by atoms with Gasteiger partial charge >= 0.3 is 0 Å². The summed E-state index contributed by atoms with van der Waals surface area (Å²) in [5.74, 6) is 0.744. The van der Waals surface area contributed by atoms with Crippen LogP contribution >= 0.6 is 46.3 Å². The average Bonchev–Trinajstić information content (AvgIpc) is 3.15. The summed E-state index contributed by atoms with van der Waals surface area (Å²) in [5, 5.41) is 12.5. The molecular weight excluding hydrogens is 357 g/mol. The first-order valence-corrected chi connectivity index (χ1v) is 9.31. The van der Waals surface area contributed by atoms with E-state index in [1.165, 1.54) is 4.88 Å². The summed E-state index contributed by atoms with van der Waals surface area (Å²) in [5.41, 5.74) is 1.05. The minimum atomic E-state index is 0.651. The Morgan fingerprint density at radius 1 is 1.23 bits per heavy atom. The van der Waals surface area contributed by atoms with E-state index in [4.69, 9.17) is 23.2 Å². The van der Waals surface area contributed by atoms with Crippen molar-refractivity contribution < 1.29 is 0 Å². The van der Waals surface area contributed by atoms with Gasteiger partial charge in [0.2, 0.25) is 0 Å². The highest BCUT2D eigenvalue weighted by Crippen LogP contribution is 2.27. The summed E-state index contributed by atoms with van der Waals surface area (Å²) < 4.78 is 2.08. The Kier molecular flexibility index (Phi) is 5.41. The van der Waals surface area contributed by atoms with Gasteiger partial charge in [-0.1, -0.05) is 47.1 Å². The highest BCUT2D eigenvalue weighted by molar-refractivity contribution is 7.98. The smallest absolute Gasteiger partial charge is 0.191 e. The fourth-order valence-corrected chi connectivity index (χ4v) is 4.17. The lowest BCUT2D eigenvalue weighted by Crippen LogP contribution is -2.01. The molecule has 0 atom stereocenters. The van der Waals surface area contributed by atoms with E-state index in [2.05, 4.69) is 32.3 Å². The summed E-state index contributed by atoms with van der Waals surface area (Å²) in [6.07, 6.45) is 2.77. The molecule has 114 valence electrons. The third-order valence-corrected chi connectivity index (χ3v) is 5.68. The predicted molar refractivity (Wildman–Crippen MR) is 94.1 cm³/mol. The summed E-state index contributed by atoms with van der Waals surface area (Å²) >= 11 is 15.5. The molecule has 3 aromatic rings. The van der Waals surface area contributed by atoms with E-state index in [9.17, 15) is 0 Å². The Hall–Kier alpha value is -1.01. The first kappa shape index (κ1) is 15.9. The van der Waals surface area contributed by atoms with Gasteiger partial charge in [-0.3, -0.25) is 0 Å². The number of hydrogen-bond donors (Lipinski definition) is 0. The normalized spacial score (nSPS) is 11.0. The summed E-state index contributed by atoms with van der Waals surface area (Å²) in [7, 11) is 0. The lowest BCUT2D eigenvalue weighted by Gasteiger charge is -2.07. The van der Waals surface area contributed by atoms with Gasteiger partial charge < -0.3 is 4.57 Å². The molecule has 22 heavy (non-hydrogen) atoms. The van der Waals surface area contributed by atoms with Gasteiger partial charge in [0.25, 0.3) is 0 Å². The number of rotatable bonds is 6. The fourth-order valence-electron chi connectivity index (χ4n) is 1.98. The monoisotopic (exact) mass is 369 g/mol. The third-order valence-electron chi connectivity index (χ3n) is 3.13. The Bertz CT molecular complexity index is 741.